The number of aromatic amines is 1. The van der Waals surface area contributed by atoms with Crippen molar-refractivity contribution in [2.75, 3.05) is 0 Å². The molecule has 0 aliphatic carbocycles. The van der Waals surface area contributed by atoms with Crippen LogP contribution in [0.1, 0.15) is 20.9 Å². The highest BCUT2D eigenvalue weighted by atomic mass is 32.2. The Kier molecular flexibility index (Phi) is 3.69. The maximum atomic E-state index is 11.9. The molecule has 2 aromatic heterocycles. The number of H-pyrrole nitrogens is 1. The van der Waals surface area contributed by atoms with Crippen molar-refractivity contribution < 1.29 is 18.3 Å². The summed E-state index contributed by atoms with van der Waals surface area (Å²) in [5.41, 5.74) is 1.51. The molecule has 0 unspecified atom stereocenters. The fourth-order valence-electron chi connectivity index (χ4n) is 1.38. The molecule has 0 bridgehead atoms. The van der Waals surface area contributed by atoms with Gasteiger partial charge in [0.2, 0.25) is 10.0 Å². The number of hydrogen-bond donors (Lipinski definition) is 3. The lowest BCUT2D eigenvalue weighted by Gasteiger charge is -2.03. The summed E-state index contributed by atoms with van der Waals surface area (Å²) in [6.07, 6.45) is 1.54. The molecule has 0 fully saturated rings. The quantitative estimate of drug-likeness (QED) is 0.761. The summed E-state index contributed by atoms with van der Waals surface area (Å²) in [5.74, 6) is -1.14. The number of hydrogen-bond acceptors (Lipinski definition) is 5. The lowest BCUT2D eigenvalue weighted by Crippen LogP contribution is -2.23. The van der Waals surface area contributed by atoms with Crippen molar-refractivity contribution in [3.8, 4) is 0 Å². The first kappa shape index (κ1) is 13.7. The summed E-state index contributed by atoms with van der Waals surface area (Å²) in [5, 5.41) is 16.6. The minimum atomic E-state index is -3.71. The fourth-order valence-corrected chi connectivity index (χ4v) is 3.50. The third-order valence-electron chi connectivity index (χ3n) is 2.48. The van der Waals surface area contributed by atoms with E-state index in [1.165, 1.54) is 11.6 Å². The lowest BCUT2D eigenvalue weighted by atomic mass is 10.3. The van der Waals surface area contributed by atoms with E-state index in [9.17, 15) is 13.2 Å². The molecular formula is C10H11N3O4S2. The molecule has 0 amide bonds. The van der Waals surface area contributed by atoms with Crippen LogP contribution in [-0.2, 0) is 16.6 Å². The number of rotatable bonds is 5. The van der Waals surface area contributed by atoms with Crippen LogP contribution in [-0.4, -0.2) is 29.7 Å². The van der Waals surface area contributed by atoms with E-state index in [0.717, 1.165) is 28.7 Å². The van der Waals surface area contributed by atoms with Gasteiger partial charge in [-0.2, -0.15) is 5.10 Å². The molecule has 9 heteroatoms. The van der Waals surface area contributed by atoms with Crippen molar-refractivity contribution in [3.63, 3.8) is 0 Å². The van der Waals surface area contributed by atoms with E-state index in [4.69, 9.17) is 5.11 Å². The molecule has 19 heavy (non-hydrogen) atoms. The number of nitrogens with zero attached hydrogens (tertiary/aromatic N) is 1. The second-order valence-electron chi connectivity index (χ2n) is 3.80. The number of carbonyl (C=O) groups is 1. The van der Waals surface area contributed by atoms with E-state index in [-0.39, 0.29) is 16.3 Å². The Hall–Kier alpha value is -1.71. The Morgan fingerprint density at radius 1 is 1.58 bits per heavy atom. The maximum Gasteiger partial charge on any atom is 0.345 e. The Balaban J connectivity index is 2.14. The van der Waals surface area contributed by atoms with Gasteiger partial charge in [0.15, 0.2) is 0 Å². The average Bonchev–Trinajstić information content (AvgIpc) is 2.95. The van der Waals surface area contributed by atoms with Gasteiger partial charge in [0.05, 0.1) is 11.1 Å². The van der Waals surface area contributed by atoms with Crippen molar-refractivity contribution in [2.24, 2.45) is 0 Å². The Morgan fingerprint density at radius 3 is 2.84 bits per heavy atom. The Bertz CT molecular complexity index is 702. The summed E-state index contributed by atoms with van der Waals surface area (Å²) in [6.45, 7) is 1.88. The molecule has 0 spiro atoms. The van der Waals surface area contributed by atoms with Crippen molar-refractivity contribution in [2.45, 2.75) is 18.4 Å². The van der Waals surface area contributed by atoms with Crippen LogP contribution in [0.3, 0.4) is 0 Å². The number of sulfonamides is 1. The Morgan fingerprint density at radius 2 is 2.32 bits per heavy atom. The number of aryl methyl sites for hydroxylation is 1. The van der Waals surface area contributed by atoms with Crippen LogP contribution >= 0.6 is 11.3 Å². The molecule has 0 saturated carbocycles. The van der Waals surface area contributed by atoms with E-state index >= 15 is 0 Å². The number of carboxylic acid groups (broad SMARTS) is 1. The number of carboxylic acids is 1. The Labute approximate surface area is 113 Å². The van der Waals surface area contributed by atoms with E-state index in [0.29, 0.717) is 0 Å². The zero-order valence-electron chi connectivity index (χ0n) is 9.87. The predicted molar refractivity (Wildman–Crippen MR) is 68.6 cm³/mol. The number of thiophene rings is 1. The monoisotopic (exact) mass is 301 g/mol. The van der Waals surface area contributed by atoms with Gasteiger partial charge in [-0.1, -0.05) is 0 Å². The van der Waals surface area contributed by atoms with Gasteiger partial charge in [-0.3, -0.25) is 5.10 Å². The summed E-state index contributed by atoms with van der Waals surface area (Å²) < 4.78 is 26.3. The van der Waals surface area contributed by atoms with Crippen LogP contribution in [0.5, 0.6) is 0 Å². The topological polar surface area (TPSA) is 112 Å². The third-order valence-corrected chi connectivity index (χ3v) is 4.93. The van der Waals surface area contributed by atoms with E-state index in [2.05, 4.69) is 14.9 Å². The van der Waals surface area contributed by atoms with Gasteiger partial charge in [-0.15, -0.1) is 11.3 Å². The van der Waals surface area contributed by atoms with Crippen LogP contribution < -0.4 is 4.72 Å². The molecule has 102 valence electrons. The summed E-state index contributed by atoms with van der Waals surface area (Å²) >= 11 is 0.874. The van der Waals surface area contributed by atoms with Gasteiger partial charge in [0.1, 0.15) is 4.88 Å². The van der Waals surface area contributed by atoms with Gasteiger partial charge in [0, 0.05) is 23.2 Å². The first-order valence-electron chi connectivity index (χ1n) is 5.20. The van der Waals surface area contributed by atoms with Crippen LogP contribution in [0.4, 0.5) is 0 Å². The van der Waals surface area contributed by atoms with Crippen LogP contribution in [0.25, 0.3) is 0 Å². The molecule has 0 atom stereocenters. The van der Waals surface area contributed by atoms with Gasteiger partial charge in [0.25, 0.3) is 0 Å². The number of aromatic carboxylic acids is 1. The summed E-state index contributed by atoms with van der Waals surface area (Å²) in [7, 11) is -3.71. The molecule has 0 saturated heterocycles. The zero-order valence-corrected chi connectivity index (χ0v) is 11.5. The highest BCUT2D eigenvalue weighted by Crippen LogP contribution is 2.19. The summed E-state index contributed by atoms with van der Waals surface area (Å²) in [4.78, 5) is 10.7. The van der Waals surface area contributed by atoms with Crippen molar-refractivity contribution >= 4 is 27.3 Å². The molecule has 2 aromatic rings. The first-order valence-corrected chi connectivity index (χ1v) is 7.57. The third kappa shape index (κ3) is 3.00. The van der Waals surface area contributed by atoms with E-state index in [1.54, 1.807) is 6.92 Å². The molecule has 0 aliphatic rings. The van der Waals surface area contributed by atoms with Gasteiger partial charge < -0.3 is 5.11 Å². The molecular weight excluding hydrogens is 290 g/mol. The van der Waals surface area contributed by atoms with Gasteiger partial charge in [-0.05, 0) is 13.0 Å². The molecule has 0 aromatic carbocycles. The van der Waals surface area contributed by atoms with E-state index < -0.39 is 16.0 Å². The minimum absolute atomic E-state index is 0.0140. The van der Waals surface area contributed by atoms with Crippen molar-refractivity contribution in [1.29, 1.82) is 0 Å². The second kappa shape index (κ2) is 5.11. The second-order valence-corrected chi connectivity index (χ2v) is 6.47. The highest BCUT2D eigenvalue weighted by molar-refractivity contribution is 7.89. The average molecular weight is 301 g/mol. The standard InChI is InChI=1S/C10H11N3O4S2/c1-6-7(3-11-13-6)4-12-19(16,17)8-2-9(10(14)15)18-5-8/h2-3,5,12H,4H2,1H3,(H,11,13)(H,14,15). The van der Waals surface area contributed by atoms with Crippen LogP contribution in [0.15, 0.2) is 22.5 Å². The van der Waals surface area contributed by atoms with Crippen LogP contribution in [0.2, 0.25) is 0 Å². The SMILES string of the molecule is Cc1[nH]ncc1CNS(=O)(=O)c1csc(C(=O)O)c1. The number of aromatic nitrogens is 2. The largest absolute Gasteiger partial charge is 0.477 e. The smallest absolute Gasteiger partial charge is 0.345 e. The first-order chi connectivity index (χ1) is 8.90. The molecule has 0 radical (unpaired) electrons. The molecule has 2 rings (SSSR count). The molecule has 2 heterocycles. The highest BCUT2D eigenvalue weighted by Gasteiger charge is 2.18. The normalized spacial score (nSPS) is 11.6. The van der Waals surface area contributed by atoms with Crippen LogP contribution in [0, 0.1) is 6.92 Å². The predicted octanol–water partition coefficient (Wildman–Crippen LogP) is 0.956. The van der Waals surface area contributed by atoms with E-state index in [1.807, 2.05) is 0 Å². The molecule has 0 aliphatic heterocycles. The minimum Gasteiger partial charge on any atom is -0.477 e. The van der Waals surface area contributed by atoms with Crippen molar-refractivity contribution in [1.82, 2.24) is 14.9 Å². The summed E-state index contributed by atoms with van der Waals surface area (Å²) in [6, 6.07) is 1.14. The van der Waals surface area contributed by atoms with Crippen molar-refractivity contribution in [3.05, 3.63) is 33.8 Å². The van der Waals surface area contributed by atoms with Gasteiger partial charge >= 0.3 is 5.97 Å². The molecule has 3 N–H and O–H groups in total. The zero-order chi connectivity index (χ0) is 14.0. The number of nitrogens with one attached hydrogen (secondary N) is 2. The molecule has 7 nitrogen and oxygen atoms in total. The lowest BCUT2D eigenvalue weighted by molar-refractivity contribution is 0.0702. The maximum absolute atomic E-state index is 11.9. The van der Waals surface area contributed by atoms with Gasteiger partial charge in [-0.25, -0.2) is 17.9 Å². The fraction of sp³-hybridized carbons (Fsp3) is 0.200.